The zero-order valence-corrected chi connectivity index (χ0v) is 24.9. The number of nitrogens with one attached hydrogen (secondary N) is 2. The van der Waals surface area contributed by atoms with Crippen molar-refractivity contribution in [3.8, 4) is 0 Å². The zero-order valence-electron chi connectivity index (χ0n) is 22.6. The van der Waals surface area contributed by atoms with Gasteiger partial charge < -0.3 is 10.6 Å². The number of Topliss-reactive ketones (excluding diaryl/α,β-unsaturated/α-hetero) is 1. The predicted molar refractivity (Wildman–Crippen MR) is 174 cm³/mol. The lowest BCUT2D eigenvalue weighted by atomic mass is 9.51. The number of rotatable bonds is 4. The molecule has 6 rings (SSSR count). The van der Waals surface area contributed by atoms with Gasteiger partial charge in [-0.15, -0.1) is 0 Å². The van der Waals surface area contributed by atoms with E-state index in [1.54, 1.807) is 60.7 Å². The molecule has 4 aromatic carbocycles. The molecule has 0 bridgehead atoms. The van der Waals surface area contributed by atoms with Crippen LogP contribution >= 0.6 is 35.4 Å². The van der Waals surface area contributed by atoms with Crippen LogP contribution in [0.5, 0.6) is 0 Å². The molecule has 43 heavy (non-hydrogen) atoms. The third-order valence-electron chi connectivity index (χ3n) is 7.91. The molecule has 1 heterocycles. The van der Waals surface area contributed by atoms with Crippen molar-refractivity contribution in [1.29, 1.82) is 0 Å². The Kier molecular flexibility index (Phi) is 7.84. The second kappa shape index (κ2) is 11.7. The minimum absolute atomic E-state index is 0.0809. The van der Waals surface area contributed by atoms with Crippen molar-refractivity contribution in [2.75, 3.05) is 0 Å². The molecule has 0 aromatic heterocycles. The van der Waals surface area contributed by atoms with E-state index in [-0.39, 0.29) is 10.9 Å². The van der Waals surface area contributed by atoms with E-state index in [0.29, 0.717) is 43.4 Å². The van der Waals surface area contributed by atoms with Crippen molar-refractivity contribution in [1.82, 2.24) is 10.6 Å². The third kappa shape index (κ3) is 5.23. The van der Waals surface area contributed by atoms with E-state index in [1.807, 2.05) is 60.7 Å². The van der Waals surface area contributed by atoms with Crippen LogP contribution in [0.4, 0.5) is 0 Å². The maximum Gasteiger partial charge on any atom is 0.243 e. The molecule has 2 aliphatic rings. The van der Waals surface area contributed by atoms with Crippen LogP contribution < -0.4 is 10.6 Å². The highest BCUT2D eigenvalue weighted by atomic mass is 35.5. The maximum absolute atomic E-state index is 14.9. The number of benzene rings is 4. The summed E-state index contributed by atoms with van der Waals surface area (Å²) in [5, 5.41) is 6.46. The summed E-state index contributed by atoms with van der Waals surface area (Å²) in [7, 11) is 0. The highest BCUT2D eigenvalue weighted by Crippen LogP contribution is 2.59. The molecule has 4 aromatic rings. The van der Waals surface area contributed by atoms with Crippen LogP contribution in [-0.4, -0.2) is 22.7 Å². The fraction of sp³-hybridized carbons (Fsp3) is 0.0857. The number of hydrogen-bond donors (Lipinski definition) is 2. The Morgan fingerprint density at radius 2 is 0.953 bits per heavy atom. The fourth-order valence-corrected chi connectivity index (χ4v) is 6.55. The molecule has 2 fully saturated rings. The molecule has 2 amide bonds. The molecule has 1 saturated heterocycles. The van der Waals surface area contributed by atoms with Gasteiger partial charge in [-0.1, -0.05) is 108 Å². The Bertz CT molecular complexity index is 1670. The van der Waals surface area contributed by atoms with Gasteiger partial charge in [-0.25, -0.2) is 0 Å². The Morgan fingerprint density at radius 1 is 0.581 bits per heavy atom. The van der Waals surface area contributed by atoms with Crippen LogP contribution in [-0.2, 0) is 14.4 Å². The highest BCUT2D eigenvalue weighted by molar-refractivity contribution is 7.80. The molecular formula is C35H24Cl2N2O3S. The van der Waals surface area contributed by atoms with Gasteiger partial charge in [0.2, 0.25) is 11.8 Å². The minimum atomic E-state index is -1.82. The number of carbonyl (C=O) groups excluding carboxylic acids is 3. The summed E-state index contributed by atoms with van der Waals surface area (Å²) in [6.45, 7) is 0. The van der Waals surface area contributed by atoms with Crippen LogP contribution in [0.3, 0.4) is 0 Å². The Morgan fingerprint density at radius 3 is 1.33 bits per heavy atom. The number of halogens is 2. The second-order valence-corrected chi connectivity index (χ2v) is 11.7. The zero-order chi connectivity index (χ0) is 30.1. The molecule has 212 valence electrons. The van der Waals surface area contributed by atoms with E-state index in [4.69, 9.17) is 35.4 Å². The monoisotopic (exact) mass is 622 g/mol. The van der Waals surface area contributed by atoms with E-state index in [9.17, 15) is 14.4 Å². The first-order chi connectivity index (χ1) is 20.8. The van der Waals surface area contributed by atoms with E-state index >= 15 is 0 Å². The lowest BCUT2D eigenvalue weighted by molar-refractivity contribution is -0.147. The van der Waals surface area contributed by atoms with Crippen molar-refractivity contribution >= 4 is 70.3 Å². The number of hydrogen-bond acceptors (Lipinski definition) is 4. The summed E-state index contributed by atoms with van der Waals surface area (Å²) in [5.74, 6) is -3.38. The molecule has 1 aliphatic carbocycles. The molecule has 5 nitrogen and oxygen atoms in total. The highest BCUT2D eigenvalue weighted by Gasteiger charge is 2.66. The number of thiocarbonyl (C=S) groups is 1. The summed E-state index contributed by atoms with van der Waals surface area (Å²) >= 11 is 17.6. The predicted octanol–water partition coefficient (Wildman–Crippen LogP) is 7.13. The van der Waals surface area contributed by atoms with Gasteiger partial charge in [-0.05, 0) is 70.9 Å². The molecule has 1 spiro atoms. The molecule has 1 saturated carbocycles. The number of carbonyl (C=O) groups is 3. The van der Waals surface area contributed by atoms with Gasteiger partial charge in [-0.2, -0.15) is 0 Å². The van der Waals surface area contributed by atoms with Gasteiger partial charge in [0.05, 0.1) is 0 Å². The van der Waals surface area contributed by atoms with Crippen molar-refractivity contribution < 1.29 is 14.4 Å². The first-order valence-corrected chi connectivity index (χ1v) is 14.7. The van der Waals surface area contributed by atoms with Gasteiger partial charge in [-0.3, -0.25) is 14.4 Å². The average Bonchev–Trinajstić information content (AvgIpc) is 3.01. The fourth-order valence-electron chi connectivity index (χ4n) is 6.11. The Hall–Kier alpha value is -4.36. The van der Waals surface area contributed by atoms with E-state index in [0.717, 1.165) is 0 Å². The SMILES string of the molecule is O=C1/C(=C/c2ccc(Cl)cc2)C(c2ccccc2)C2(C(=O)NC(=S)NC2=O)C(c2ccccc2)/C1=C\c1ccc(Cl)cc1. The lowest BCUT2D eigenvalue weighted by Crippen LogP contribution is -2.68. The van der Waals surface area contributed by atoms with Gasteiger partial charge in [0.1, 0.15) is 0 Å². The van der Waals surface area contributed by atoms with Crippen molar-refractivity contribution in [3.63, 3.8) is 0 Å². The Balaban J connectivity index is 1.73. The van der Waals surface area contributed by atoms with Gasteiger partial charge in [0, 0.05) is 33.0 Å². The van der Waals surface area contributed by atoms with E-state index in [1.165, 1.54) is 0 Å². The summed E-state index contributed by atoms with van der Waals surface area (Å²) in [6, 6.07) is 32.4. The quantitative estimate of drug-likeness (QED) is 0.144. The first-order valence-electron chi connectivity index (χ1n) is 13.5. The normalized spacial score (nSPS) is 21.6. The van der Waals surface area contributed by atoms with Crippen LogP contribution in [0.25, 0.3) is 12.2 Å². The number of allylic oxidation sites excluding steroid dienone is 2. The topological polar surface area (TPSA) is 75.3 Å². The van der Waals surface area contributed by atoms with Crippen molar-refractivity contribution in [3.05, 3.63) is 153 Å². The second-order valence-electron chi connectivity index (χ2n) is 10.4. The summed E-state index contributed by atoms with van der Waals surface area (Å²) < 4.78 is 0. The summed E-state index contributed by atoms with van der Waals surface area (Å²) in [6.07, 6.45) is 3.48. The van der Waals surface area contributed by atoms with Crippen molar-refractivity contribution in [2.24, 2.45) is 5.41 Å². The van der Waals surface area contributed by atoms with E-state index < -0.39 is 29.1 Å². The van der Waals surface area contributed by atoms with Crippen LogP contribution in [0.2, 0.25) is 10.0 Å². The standard InChI is InChI=1S/C35H24Cl2N2O3S/c36-25-15-11-21(12-16-25)19-27-29(23-7-3-1-4-8-23)35(32(41)38-34(43)39-33(35)42)30(24-9-5-2-6-10-24)28(31(27)40)20-22-13-17-26(37)18-14-22/h1-20,29-30H,(H2,38,39,41,42,43)/b27-19+,28-20+. The van der Waals surface area contributed by atoms with E-state index in [2.05, 4.69) is 10.6 Å². The average molecular weight is 624 g/mol. The molecule has 2 atom stereocenters. The molecule has 2 unspecified atom stereocenters. The number of amides is 2. The van der Waals surface area contributed by atoms with Crippen molar-refractivity contribution in [2.45, 2.75) is 11.8 Å². The molecule has 8 heteroatoms. The minimum Gasteiger partial charge on any atom is -0.302 e. The molecule has 2 N–H and O–H groups in total. The molecule has 0 radical (unpaired) electrons. The third-order valence-corrected chi connectivity index (χ3v) is 8.62. The smallest absolute Gasteiger partial charge is 0.243 e. The van der Waals surface area contributed by atoms with Gasteiger partial charge in [0.25, 0.3) is 0 Å². The summed E-state index contributed by atoms with van der Waals surface area (Å²) in [4.78, 5) is 43.8. The largest absolute Gasteiger partial charge is 0.302 e. The first kappa shape index (κ1) is 28.7. The Labute approximate surface area is 264 Å². The molecule has 1 aliphatic heterocycles. The van der Waals surface area contributed by atoms with Gasteiger partial charge >= 0.3 is 0 Å². The maximum atomic E-state index is 14.9. The lowest BCUT2D eigenvalue weighted by Gasteiger charge is -2.50. The number of ketones is 1. The van der Waals surface area contributed by atoms with Crippen LogP contribution in [0.15, 0.2) is 120 Å². The molecular weight excluding hydrogens is 599 g/mol. The summed E-state index contributed by atoms with van der Waals surface area (Å²) in [5.41, 5.74) is 1.43. The van der Waals surface area contributed by atoms with Crippen LogP contribution in [0, 0.1) is 5.41 Å². The van der Waals surface area contributed by atoms with Crippen LogP contribution in [0.1, 0.15) is 34.1 Å². The van der Waals surface area contributed by atoms with Gasteiger partial charge in [0.15, 0.2) is 16.3 Å².